The number of hydrogen-bond donors (Lipinski definition) is 1. The van der Waals surface area contributed by atoms with Crippen molar-refractivity contribution in [3.05, 3.63) is 42.0 Å². The number of ether oxygens (including phenoxy) is 1. The van der Waals surface area contributed by atoms with E-state index in [9.17, 15) is 9.59 Å². The molecule has 0 aromatic heterocycles. The molecule has 84 valence electrons. The highest BCUT2D eigenvalue weighted by Crippen LogP contribution is 2.02. The molecule has 4 heteroatoms. The van der Waals surface area contributed by atoms with Gasteiger partial charge in [-0.25, -0.2) is 4.79 Å². The summed E-state index contributed by atoms with van der Waals surface area (Å²) in [6.07, 6.45) is 1.33. The zero-order chi connectivity index (χ0) is 12.0. The van der Waals surface area contributed by atoms with Gasteiger partial charge in [-0.1, -0.05) is 36.4 Å². The lowest BCUT2D eigenvalue weighted by Gasteiger charge is -2.05. The lowest BCUT2D eigenvalue weighted by molar-refractivity contribution is -0.152. The van der Waals surface area contributed by atoms with E-state index in [0.29, 0.717) is 0 Å². The van der Waals surface area contributed by atoms with Crippen LogP contribution in [0.5, 0.6) is 0 Å². The molecule has 0 aliphatic carbocycles. The van der Waals surface area contributed by atoms with Gasteiger partial charge in [-0.05, 0) is 11.6 Å². The quantitative estimate of drug-likeness (QED) is 0.601. The Balaban J connectivity index is 2.71. The van der Waals surface area contributed by atoms with E-state index in [1.54, 1.807) is 6.08 Å². The summed E-state index contributed by atoms with van der Waals surface area (Å²) >= 11 is 0. The van der Waals surface area contributed by atoms with Crippen LogP contribution in [0.25, 0.3) is 6.08 Å². The highest BCUT2D eigenvalue weighted by Gasteiger charge is 2.22. The van der Waals surface area contributed by atoms with Crippen LogP contribution in [0.3, 0.4) is 0 Å². The van der Waals surface area contributed by atoms with Crippen LogP contribution in [0.2, 0.25) is 0 Å². The third-order valence-electron chi connectivity index (χ3n) is 1.96. The predicted octanol–water partition coefficient (Wildman–Crippen LogP) is 1.37. The normalized spacial score (nSPS) is 12.6. The first-order valence-corrected chi connectivity index (χ1v) is 4.67. The lowest BCUT2D eigenvalue weighted by atomic mass is 10.1. The summed E-state index contributed by atoms with van der Waals surface area (Å²) in [6.45, 7) is 0. The number of ketones is 1. The van der Waals surface area contributed by atoms with Crippen molar-refractivity contribution >= 4 is 17.8 Å². The van der Waals surface area contributed by atoms with Crippen LogP contribution in [0, 0.1) is 0 Å². The van der Waals surface area contributed by atoms with Crippen molar-refractivity contribution in [2.45, 2.75) is 6.10 Å². The molecule has 0 aliphatic rings. The first-order valence-electron chi connectivity index (χ1n) is 4.67. The van der Waals surface area contributed by atoms with Crippen LogP contribution in [0.1, 0.15) is 5.56 Å². The van der Waals surface area contributed by atoms with Crippen LogP contribution < -0.4 is 0 Å². The summed E-state index contributed by atoms with van der Waals surface area (Å²) in [5.74, 6) is -1.87. The van der Waals surface area contributed by atoms with Gasteiger partial charge in [-0.2, -0.15) is 0 Å². The van der Waals surface area contributed by atoms with E-state index in [4.69, 9.17) is 5.11 Å². The number of carbonyl (C=O) groups is 2. The van der Waals surface area contributed by atoms with Gasteiger partial charge in [-0.3, -0.25) is 4.79 Å². The smallest absolute Gasteiger partial charge is 0.341 e. The minimum Gasteiger partial charge on any atom is -0.479 e. The molecule has 1 aromatic carbocycles. The third-order valence-corrected chi connectivity index (χ3v) is 1.96. The van der Waals surface area contributed by atoms with Gasteiger partial charge in [0.15, 0.2) is 5.78 Å². The number of rotatable bonds is 5. The lowest BCUT2D eigenvalue weighted by Crippen LogP contribution is -2.30. The van der Waals surface area contributed by atoms with Crippen LogP contribution >= 0.6 is 0 Å². The van der Waals surface area contributed by atoms with Crippen LogP contribution in [-0.4, -0.2) is 30.1 Å². The molecule has 0 saturated heterocycles. The van der Waals surface area contributed by atoms with E-state index in [2.05, 4.69) is 4.74 Å². The molecule has 1 N–H and O–H groups in total. The second-order valence-corrected chi connectivity index (χ2v) is 3.10. The minimum atomic E-state index is -1.43. The minimum absolute atomic E-state index is 0.584. The maximum atomic E-state index is 11.4. The van der Waals surface area contributed by atoms with Crippen molar-refractivity contribution in [2.24, 2.45) is 0 Å². The van der Waals surface area contributed by atoms with Gasteiger partial charge in [0.2, 0.25) is 6.10 Å². The van der Waals surface area contributed by atoms with Crippen molar-refractivity contribution in [3.63, 3.8) is 0 Å². The molecule has 16 heavy (non-hydrogen) atoms. The molecule has 0 heterocycles. The third kappa shape index (κ3) is 3.33. The summed E-state index contributed by atoms with van der Waals surface area (Å²) < 4.78 is 4.56. The number of carboxylic acid groups (broad SMARTS) is 1. The molecule has 1 aromatic rings. The van der Waals surface area contributed by atoms with Crippen LogP contribution in [0.15, 0.2) is 36.4 Å². The molecule has 1 unspecified atom stereocenters. The molecule has 0 amide bonds. The van der Waals surface area contributed by atoms with Crippen molar-refractivity contribution < 1.29 is 19.4 Å². The van der Waals surface area contributed by atoms with Crippen molar-refractivity contribution in [3.8, 4) is 0 Å². The number of methoxy groups -OCH3 is 1. The molecular formula is C12H12O4. The molecular weight excluding hydrogens is 208 g/mol. The molecule has 0 aliphatic heterocycles. The molecule has 1 atom stereocenters. The fraction of sp³-hybridized carbons (Fsp3) is 0.167. The monoisotopic (exact) mass is 220 g/mol. The Morgan fingerprint density at radius 3 is 2.44 bits per heavy atom. The highest BCUT2D eigenvalue weighted by molar-refractivity contribution is 6.08. The number of carbonyl (C=O) groups excluding carboxylic acids is 1. The standard InChI is InChI=1S/C12H12O4/c1-16-11(12(14)15)10(13)8-7-9-5-3-2-4-6-9/h2-8,11H,1H3,(H,14,15). The van der Waals surface area contributed by atoms with Gasteiger partial charge in [-0.15, -0.1) is 0 Å². The maximum absolute atomic E-state index is 11.4. The zero-order valence-corrected chi connectivity index (χ0v) is 8.79. The fourth-order valence-corrected chi connectivity index (χ4v) is 1.17. The van der Waals surface area contributed by atoms with E-state index in [1.807, 2.05) is 30.3 Å². The first kappa shape index (κ1) is 12.1. The van der Waals surface area contributed by atoms with Gasteiger partial charge in [0.1, 0.15) is 0 Å². The molecule has 0 radical (unpaired) electrons. The summed E-state index contributed by atoms with van der Waals surface area (Å²) in [7, 11) is 1.19. The predicted molar refractivity (Wildman–Crippen MR) is 58.9 cm³/mol. The van der Waals surface area contributed by atoms with E-state index in [0.717, 1.165) is 5.56 Å². The molecule has 0 saturated carbocycles. The SMILES string of the molecule is COC(C(=O)O)C(=O)C=Cc1ccccc1. The van der Waals surface area contributed by atoms with Crippen molar-refractivity contribution in [1.29, 1.82) is 0 Å². The number of carboxylic acids is 1. The van der Waals surface area contributed by atoms with Gasteiger partial charge in [0, 0.05) is 7.11 Å². The summed E-state index contributed by atoms with van der Waals surface area (Å²) in [4.78, 5) is 22.0. The Morgan fingerprint density at radius 1 is 1.31 bits per heavy atom. The number of aliphatic carboxylic acids is 1. The van der Waals surface area contributed by atoms with Crippen LogP contribution in [0.4, 0.5) is 0 Å². The summed E-state index contributed by atoms with van der Waals surface area (Å²) in [6, 6.07) is 9.14. The number of hydrogen-bond acceptors (Lipinski definition) is 3. The first-order chi connectivity index (χ1) is 7.65. The zero-order valence-electron chi connectivity index (χ0n) is 8.79. The average molecular weight is 220 g/mol. The Morgan fingerprint density at radius 2 is 1.94 bits per heavy atom. The van der Waals surface area contributed by atoms with Gasteiger partial charge >= 0.3 is 5.97 Å². The van der Waals surface area contributed by atoms with E-state index in [-0.39, 0.29) is 0 Å². The van der Waals surface area contributed by atoms with E-state index >= 15 is 0 Å². The summed E-state index contributed by atoms with van der Waals surface area (Å²) in [5, 5.41) is 8.66. The average Bonchev–Trinajstić information content (AvgIpc) is 2.28. The van der Waals surface area contributed by atoms with Crippen molar-refractivity contribution in [2.75, 3.05) is 7.11 Å². The second kappa shape index (κ2) is 5.82. The topological polar surface area (TPSA) is 63.6 Å². The maximum Gasteiger partial charge on any atom is 0.341 e. The Labute approximate surface area is 93.2 Å². The van der Waals surface area contributed by atoms with Gasteiger partial charge < -0.3 is 9.84 Å². The Kier molecular flexibility index (Phi) is 4.42. The molecule has 4 nitrogen and oxygen atoms in total. The molecule has 0 fully saturated rings. The summed E-state index contributed by atoms with van der Waals surface area (Å²) in [5.41, 5.74) is 0.830. The van der Waals surface area contributed by atoms with E-state index < -0.39 is 17.9 Å². The van der Waals surface area contributed by atoms with Crippen molar-refractivity contribution in [1.82, 2.24) is 0 Å². The Hall–Kier alpha value is -1.94. The van der Waals surface area contributed by atoms with Crippen LogP contribution in [-0.2, 0) is 14.3 Å². The van der Waals surface area contributed by atoms with Gasteiger partial charge in [0.25, 0.3) is 0 Å². The Bertz CT molecular complexity index is 395. The molecule has 1 rings (SSSR count). The molecule has 0 spiro atoms. The number of benzene rings is 1. The fourth-order valence-electron chi connectivity index (χ4n) is 1.17. The highest BCUT2D eigenvalue weighted by atomic mass is 16.5. The largest absolute Gasteiger partial charge is 0.479 e. The van der Waals surface area contributed by atoms with Gasteiger partial charge in [0.05, 0.1) is 0 Å². The molecule has 0 bridgehead atoms. The van der Waals surface area contributed by atoms with E-state index in [1.165, 1.54) is 13.2 Å². The second-order valence-electron chi connectivity index (χ2n) is 3.10.